The third-order valence-electron chi connectivity index (χ3n) is 3.40. The summed E-state index contributed by atoms with van der Waals surface area (Å²) in [4.78, 5) is 10.9. The molecule has 3 heteroatoms. The average Bonchev–Trinajstić information content (AvgIpc) is 2.38. The molecule has 2 N–H and O–H groups in total. The molecule has 2 atom stereocenters. The summed E-state index contributed by atoms with van der Waals surface area (Å²) in [6.07, 6.45) is 4.72. The van der Waals surface area contributed by atoms with Crippen molar-refractivity contribution >= 4 is 5.91 Å². The molecule has 0 radical (unpaired) electrons. The maximum absolute atomic E-state index is 10.9. The largest absolute Gasteiger partial charge is 0.292 e. The normalized spacial score (nSPS) is 24.3. The Balaban J connectivity index is 1.91. The zero-order chi connectivity index (χ0) is 12.1. The lowest BCUT2D eigenvalue weighted by Crippen LogP contribution is -2.45. The summed E-state index contributed by atoms with van der Waals surface area (Å²) in [5.74, 6) is 0.600. The van der Waals surface area contributed by atoms with Gasteiger partial charge < -0.3 is 0 Å². The number of hydrogen-bond acceptors (Lipinski definition) is 2. The molecule has 3 nitrogen and oxygen atoms in total. The summed E-state index contributed by atoms with van der Waals surface area (Å²) in [5, 5.41) is 0. The molecule has 0 bridgehead atoms. The number of rotatable bonds is 3. The molecule has 0 spiro atoms. The van der Waals surface area contributed by atoms with Crippen LogP contribution in [0.2, 0.25) is 0 Å². The standard InChI is InChI=1S/C14H20N2O/c1-11(17)15-16-14-9-5-8-13(10-14)12-6-3-2-4-7-12/h2-4,6-7,13-14,16H,5,8-10H2,1H3,(H,15,17)/t13-,14-/m0/s1. The van der Waals surface area contributed by atoms with Crippen molar-refractivity contribution < 1.29 is 4.79 Å². The van der Waals surface area contributed by atoms with Crippen molar-refractivity contribution in [3.8, 4) is 0 Å². The quantitative estimate of drug-likeness (QED) is 0.785. The van der Waals surface area contributed by atoms with E-state index in [1.165, 1.54) is 25.3 Å². The fraction of sp³-hybridized carbons (Fsp3) is 0.500. The molecule has 1 aromatic rings. The van der Waals surface area contributed by atoms with E-state index in [1.54, 1.807) is 0 Å². The molecule has 1 fully saturated rings. The van der Waals surface area contributed by atoms with E-state index in [1.807, 2.05) is 0 Å². The van der Waals surface area contributed by atoms with Crippen LogP contribution in [-0.4, -0.2) is 11.9 Å². The van der Waals surface area contributed by atoms with Crippen LogP contribution in [-0.2, 0) is 4.79 Å². The Hall–Kier alpha value is -1.35. The smallest absolute Gasteiger partial charge is 0.230 e. The second-order valence-electron chi connectivity index (χ2n) is 4.80. The van der Waals surface area contributed by atoms with Crippen molar-refractivity contribution in [2.24, 2.45) is 0 Å². The van der Waals surface area contributed by atoms with E-state index < -0.39 is 0 Å². The molecule has 2 rings (SSSR count). The molecule has 1 saturated carbocycles. The summed E-state index contributed by atoms with van der Waals surface area (Å²) in [6.45, 7) is 1.53. The second kappa shape index (κ2) is 5.82. The molecule has 0 heterocycles. The van der Waals surface area contributed by atoms with E-state index in [-0.39, 0.29) is 5.91 Å². The fourth-order valence-corrected chi connectivity index (χ4v) is 2.55. The van der Waals surface area contributed by atoms with Crippen molar-refractivity contribution in [1.29, 1.82) is 0 Å². The topological polar surface area (TPSA) is 41.1 Å². The van der Waals surface area contributed by atoms with Gasteiger partial charge in [0.2, 0.25) is 5.91 Å². The van der Waals surface area contributed by atoms with Gasteiger partial charge in [0.05, 0.1) is 0 Å². The highest BCUT2D eigenvalue weighted by atomic mass is 16.2. The first-order valence-electron chi connectivity index (χ1n) is 6.33. The Kier molecular flexibility index (Phi) is 4.15. The Morgan fingerprint density at radius 2 is 2.00 bits per heavy atom. The first-order chi connectivity index (χ1) is 8.25. The van der Waals surface area contributed by atoms with Crippen LogP contribution in [0.4, 0.5) is 0 Å². The number of nitrogens with one attached hydrogen (secondary N) is 2. The minimum Gasteiger partial charge on any atom is -0.292 e. The highest BCUT2D eigenvalue weighted by molar-refractivity contribution is 5.72. The Bertz CT molecular complexity index is 364. The third kappa shape index (κ3) is 3.56. The van der Waals surface area contributed by atoms with Gasteiger partial charge in [-0.3, -0.25) is 10.2 Å². The molecular weight excluding hydrogens is 212 g/mol. The molecule has 92 valence electrons. The summed E-state index contributed by atoms with van der Waals surface area (Å²) < 4.78 is 0. The molecule has 1 aromatic carbocycles. The molecule has 1 aliphatic carbocycles. The van der Waals surface area contributed by atoms with Gasteiger partial charge in [0.15, 0.2) is 0 Å². The van der Waals surface area contributed by atoms with Crippen molar-refractivity contribution in [3.05, 3.63) is 35.9 Å². The summed E-state index contributed by atoms with van der Waals surface area (Å²) >= 11 is 0. The first-order valence-corrected chi connectivity index (χ1v) is 6.33. The van der Waals surface area contributed by atoms with Crippen LogP contribution in [0.3, 0.4) is 0 Å². The maximum Gasteiger partial charge on any atom is 0.230 e. The number of carbonyl (C=O) groups is 1. The van der Waals surface area contributed by atoms with E-state index in [2.05, 4.69) is 41.2 Å². The maximum atomic E-state index is 10.9. The van der Waals surface area contributed by atoms with Crippen LogP contribution >= 0.6 is 0 Å². The predicted octanol–water partition coefficient (Wildman–Crippen LogP) is 2.35. The SMILES string of the molecule is CC(=O)NN[C@H]1CCC[C@H](c2ccccc2)C1. The van der Waals surface area contributed by atoms with Crippen LogP contribution in [0, 0.1) is 0 Å². The van der Waals surface area contributed by atoms with Gasteiger partial charge in [-0.05, 0) is 30.7 Å². The van der Waals surface area contributed by atoms with Crippen LogP contribution in [0.15, 0.2) is 30.3 Å². The van der Waals surface area contributed by atoms with Gasteiger partial charge in [0.1, 0.15) is 0 Å². The van der Waals surface area contributed by atoms with Gasteiger partial charge in [-0.2, -0.15) is 0 Å². The molecule has 1 amide bonds. The number of amides is 1. The van der Waals surface area contributed by atoms with Crippen molar-refractivity contribution in [2.75, 3.05) is 0 Å². The van der Waals surface area contributed by atoms with E-state index in [0.29, 0.717) is 12.0 Å². The highest BCUT2D eigenvalue weighted by Gasteiger charge is 2.22. The lowest BCUT2D eigenvalue weighted by atomic mass is 9.81. The number of hydrazine groups is 1. The predicted molar refractivity (Wildman–Crippen MR) is 68.4 cm³/mol. The highest BCUT2D eigenvalue weighted by Crippen LogP contribution is 2.32. The van der Waals surface area contributed by atoms with Gasteiger partial charge in [-0.15, -0.1) is 0 Å². The van der Waals surface area contributed by atoms with Crippen molar-refractivity contribution in [1.82, 2.24) is 10.9 Å². The number of benzene rings is 1. The minimum absolute atomic E-state index is 0.0214. The van der Waals surface area contributed by atoms with Gasteiger partial charge in [-0.25, -0.2) is 5.43 Å². The van der Waals surface area contributed by atoms with Gasteiger partial charge >= 0.3 is 0 Å². The fourth-order valence-electron chi connectivity index (χ4n) is 2.55. The molecule has 0 saturated heterocycles. The molecule has 0 aromatic heterocycles. The van der Waals surface area contributed by atoms with Crippen LogP contribution in [0.1, 0.15) is 44.1 Å². The van der Waals surface area contributed by atoms with Crippen molar-refractivity contribution in [2.45, 2.75) is 44.6 Å². The van der Waals surface area contributed by atoms with Crippen LogP contribution < -0.4 is 10.9 Å². The van der Waals surface area contributed by atoms with Gasteiger partial charge in [-0.1, -0.05) is 36.8 Å². The zero-order valence-electron chi connectivity index (χ0n) is 10.3. The number of hydrogen-bond donors (Lipinski definition) is 2. The van der Waals surface area contributed by atoms with E-state index in [0.717, 1.165) is 12.8 Å². The zero-order valence-corrected chi connectivity index (χ0v) is 10.3. The number of carbonyl (C=O) groups excluding carboxylic acids is 1. The molecule has 17 heavy (non-hydrogen) atoms. The monoisotopic (exact) mass is 232 g/mol. The second-order valence-corrected chi connectivity index (χ2v) is 4.80. The third-order valence-corrected chi connectivity index (χ3v) is 3.40. The van der Waals surface area contributed by atoms with Crippen molar-refractivity contribution in [3.63, 3.8) is 0 Å². The summed E-state index contributed by atoms with van der Waals surface area (Å²) in [5.41, 5.74) is 7.24. The molecule has 1 aliphatic rings. The lowest BCUT2D eigenvalue weighted by Gasteiger charge is -2.30. The Morgan fingerprint density at radius 3 is 2.71 bits per heavy atom. The van der Waals surface area contributed by atoms with E-state index in [9.17, 15) is 4.79 Å². The molecule has 0 aliphatic heterocycles. The van der Waals surface area contributed by atoms with E-state index in [4.69, 9.17) is 0 Å². The summed E-state index contributed by atoms with van der Waals surface area (Å²) in [6, 6.07) is 11.1. The first kappa shape index (κ1) is 12.1. The Morgan fingerprint density at radius 1 is 1.24 bits per heavy atom. The summed E-state index contributed by atoms with van der Waals surface area (Å²) in [7, 11) is 0. The molecular formula is C14H20N2O. The van der Waals surface area contributed by atoms with Gasteiger partial charge in [0, 0.05) is 13.0 Å². The van der Waals surface area contributed by atoms with Crippen LogP contribution in [0.25, 0.3) is 0 Å². The Labute approximate surface area is 103 Å². The van der Waals surface area contributed by atoms with Crippen LogP contribution in [0.5, 0.6) is 0 Å². The average molecular weight is 232 g/mol. The van der Waals surface area contributed by atoms with Gasteiger partial charge in [0.25, 0.3) is 0 Å². The molecule has 0 unspecified atom stereocenters. The lowest BCUT2D eigenvalue weighted by molar-refractivity contribution is -0.120. The van der Waals surface area contributed by atoms with E-state index >= 15 is 0 Å². The minimum atomic E-state index is -0.0214.